The van der Waals surface area contributed by atoms with Crippen LogP contribution < -0.4 is 26.6 Å². The van der Waals surface area contributed by atoms with Crippen molar-refractivity contribution in [3.63, 3.8) is 0 Å². The number of amides is 5. The van der Waals surface area contributed by atoms with Crippen LogP contribution in [0.15, 0.2) is 60.8 Å². The Balaban J connectivity index is 1.93. The number of fused-ring (bicyclic) bond motifs is 1. The molecule has 0 fully saturated rings. The van der Waals surface area contributed by atoms with Crippen LogP contribution in [0.5, 0.6) is 0 Å². The van der Waals surface area contributed by atoms with Gasteiger partial charge in [0.05, 0.1) is 13.0 Å². The minimum absolute atomic E-state index is 0.00189. The topological polar surface area (TPSA) is 197 Å². The fraction of sp³-hybridized carbons (Fsp3) is 0.474. The zero-order chi connectivity index (χ0) is 39.1. The summed E-state index contributed by atoms with van der Waals surface area (Å²) in [6.07, 6.45) is 1.38. The minimum atomic E-state index is -1.22. The lowest BCUT2D eigenvalue weighted by Gasteiger charge is -2.27. The van der Waals surface area contributed by atoms with Gasteiger partial charge in [-0.15, -0.1) is 11.8 Å². The quantitative estimate of drug-likeness (QED) is 0.0642. The number of hydrogen-bond donors (Lipinski definition) is 6. The van der Waals surface area contributed by atoms with E-state index in [9.17, 15) is 28.8 Å². The predicted molar refractivity (Wildman–Crippen MR) is 204 cm³/mol. The van der Waals surface area contributed by atoms with E-state index in [1.165, 1.54) is 25.8 Å². The Morgan fingerprint density at radius 3 is 1.98 bits per heavy atom. The number of carbonyl (C=O) groups is 6. The van der Waals surface area contributed by atoms with Gasteiger partial charge in [-0.2, -0.15) is 0 Å². The third-order valence-electron chi connectivity index (χ3n) is 7.87. The number of H-pyrrole nitrogens is 1. The largest absolute Gasteiger partial charge is 0.467 e. The molecule has 5 amide bonds. The summed E-state index contributed by atoms with van der Waals surface area (Å²) in [6, 6.07) is 12.1. The molecular weight excluding hydrogens is 701 g/mol. The summed E-state index contributed by atoms with van der Waals surface area (Å²) in [5, 5.41) is 14.4. The third-order valence-corrected chi connectivity index (χ3v) is 8.79. The molecule has 15 heteroatoms. The summed E-state index contributed by atoms with van der Waals surface area (Å²) in [7, 11) is 1.24. The molecule has 0 saturated carbocycles. The maximum absolute atomic E-state index is 14.1. The number of rotatable bonds is 18. The fourth-order valence-corrected chi connectivity index (χ4v) is 6.29. The highest BCUT2D eigenvalue weighted by Crippen LogP contribution is 2.20. The summed E-state index contributed by atoms with van der Waals surface area (Å²) < 4.78 is 10.4. The second kappa shape index (κ2) is 20.3. The number of ether oxygens (including phenoxy) is 2. The van der Waals surface area contributed by atoms with Crippen molar-refractivity contribution in [1.82, 2.24) is 31.6 Å². The number of benzene rings is 2. The van der Waals surface area contributed by atoms with Crippen LogP contribution in [0.2, 0.25) is 0 Å². The third kappa shape index (κ3) is 14.5. The molecule has 0 aliphatic carbocycles. The number of aromatic amines is 1. The molecule has 288 valence electrons. The van der Waals surface area contributed by atoms with E-state index in [2.05, 4.69) is 31.6 Å². The molecule has 4 atom stereocenters. The summed E-state index contributed by atoms with van der Waals surface area (Å²) in [4.78, 5) is 82.2. The van der Waals surface area contributed by atoms with Crippen molar-refractivity contribution < 1.29 is 38.2 Å². The first-order valence-corrected chi connectivity index (χ1v) is 18.6. The Kier molecular flexibility index (Phi) is 16.2. The highest BCUT2D eigenvalue weighted by atomic mass is 32.2. The van der Waals surface area contributed by atoms with Crippen molar-refractivity contribution in [2.75, 3.05) is 18.7 Å². The van der Waals surface area contributed by atoms with E-state index in [-0.39, 0.29) is 36.3 Å². The summed E-state index contributed by atoms with van der Waals surface area (Å²) in [6.45, 7) is 10.3. The minimum Gasteiger partial charge on any atom is -0.467 e. The van der Waals surface area contributed by atoms with E-state index in [1.807, 2.05) is 44.2 Å². The summed E-state index contributed by atoms with van der Waals surface area (Å²) in [5.74, 6) is -2.68. The number of esters is 1. The second-order valence-corrected chi connectivity index (χ2v) is 15.1. The van der Waals surface area contributed by atoms with E-state index in [1.54, 1.807) is 51.2 Å². The maximum atomic E-state index is 14.1. The molecule has 0 aliphatic heterocycles. The van der Waals surface area contributed by atoms with Gasteiger partial charge in [-0.3, -0.25) is 19.2 Å². The van der Waals surface area contributed by atoms with Crippen molar-refractivity contribution in [2.45, 2.75) is 90.6 Å². The van der Waals surface area contributed by atoms with Gasteiger partial charge in [-0.05, 0) is 50.3 Å². The molecule has 3 aromatic rings. The van der Waals surface area contributed by atoms with Crippen LogP contribution in [-0.4, -0.2) is 89.2 Å². The van der Waals surface area contributed by atoms with Gasteiger partial charge in [0, 0.05) is 42.6 Å². The van der Waals surface area contributed by atoms with Gasteiger partial charge < -0.3 is 41.0 Å². The van der Waals surface area contributed by atoms with Gasteiger partial charge in [-0.25, -0.2) is 9.59 Å². The Bertz CT molecular complexity index is 1710. The van der Waals surface area contributed by atoms with Gasteiger partial charge in [0.1, 0.15) is 29.8 Å². The number of nitrogens with one attached hydrogen (secondary N) is 6. The summed E-state index contributed by atoms with van der Waals surface area (Å²) >= 11 is 1.18. The second-order valence-electron chi connectivity index (χ2n) is 14.0. The number of methoxy groups -OCH3 is 1. The van der Waals surface area contributed by atoms with E-state index in [0.29, 0.717) is 6.42 Å². The highest BCUT2D eigenvalue weighted by Gasteiger charge is 2.33. The van der Waals surface area contributed by atoms with Gasteiger partial charge in [0.2, 0.25) is 23.6 Å². The van der Waals surface area contributed by atoms with Crippen LogP contribution in [0.1, 0.15) is 59.1 Å². The normalized spacial score (nSPS) is 13.6. The van der Waals surface area contributed by atoms with E-state index in [0.717, 1.165) is 22.0 Å². The number of thioether (sulfide) groups is 1. The van der Waals surface area contributed by atoms with E-state index < -0.39 is 59.6 Å². The number of aromatic nitrogens is 1. The molecule has 6 N–H and O–H groups in total. The van der Waals surface area contributed by atoms with Crippen molar-refractivity contribution in [2.24, 2.45) is 5.92 Å². The summed E-state index contributed by atoms with van der Waals surface area (Å²) in [5.41, 5.74) is 1.50. The van der Waals surface area contributed by atoms with Gasteiger partial charge >= 0.3 is 12.1 Å². The number of alkyl carbamates (subject to hydrolysis) is 1. The molecule has 2 aromatic carbocycles. The zero-order valence-corrected chi connectivity index (χ0v) is 32.2. The molecule has 0 aliphatic rings. The monoisotopic (exact) mass is 752 g/mol. The van der Waals surface area contributed by atoms with Crippen LogP contribution in [0.25, 0.3) is 10.9 Å². The first-order chi connectivity index (χ1) is 25.1. The predicted octanol–water partition coefficient (Wildman–Crippen LogP) is 3.35. The number of hydrogen-bond acceptors (Lipinski definition) is 9. The van der Waals surface area contributed by atoms with Crippen LogP contribution >= 0.6 is 11.8 Å². The molecule has 53 heavy (non-hydrogen) atoms. The molecule has 0 bridgehead atoms. The molecule has 0 unspecified atom stereocenters. The van der Waals surface area contributed by atoms with Gasteiger partial charge in [0.25, 0.3) is 0 Å². The van der Waals surface area contributed by atoms with Gasteiger partial charge in [-0.1, -0.05) is 62.4 Å². The van der Waals surface area contributed by atoms with Crippen molar-refractivity contribution >= 4 is 58.4 Å². The van der Waals surface area contributed by atoms with E-state index >= 15 is 0 Å². The molecule has 0 spiro atoms. The van der Waals surface area contributed by atoms with Crippen LogP contribution in [-0.2, 0) is 46.3 Å². The molecular formula is C38H52N6O8S. The first-order valence-electron chi connectivity index (χ1n) is 17.5. The average Bonchev–Trinajstić information content (AvgIpc) is 3.50. The Hall–Kier alpha value is -5.05. The maximum Gasteiger partial charge on any atom is 0.408 e. The van der Waals surface area contributed by atoms with Crippen LogP contribution in [0.3, 0.4) is 0 Å². The number of para-hydroxylation sites is 1. The van der Waals surface area contributed by atoms with Crippen molar-refractivity contribution in [3.05, 3.63) is 71.9 Å². The first kappa shape index (κ1) is 42.4. The Morgan fingerprint density at radius 2 is 1.36 bits per heavy atom. The average molecular weight is 753 g/mol. The van der Waals surface area contributed by atoms with Crippen LogP contribution in [0.4, 0.5) is 4.79 Å². The lowest BCUT2D eigenvalue weighted by Crippen LogP contribution is -2.59. The highest BCUT2D eigenvalue weighted by molar-refractivity contribution is 7.99. The van der Waals surface area contributed by atoms with Gasteiger partial charge in [0.15, 0.2) is 0 Å². The SMILES string of the molecule is COC(=O)[C@H](CC(C)C)NC(=O)[C@H](Cc1c[nH]c2ccccc12)NC(=O)[C@H](CSCNC(C)=O)NC(=O)[C@H](Cc1ccccc1)NC(=O)OC(C)(C)C. The Labute approximate surface area is 314 Å². The Morgan fingerprint density at radius 1 is 0.774 bits per heavy atom. The molecule has 3 rings (SSSR count). The standard InChI is InChI=1S/C38H52N6O8S/c1-23(2)17-31(36(49)51-7)42-34(47)30(19-26-20-39-28-16-12-11-15-27(26)28)41-35(48)32(21-53-22-40-24(3)45)43-33(46)29(18-25-13-9-8-10-14-25)44-37(50)52-38(4,5)6/h8-16,20,23,29-32,39H,17-19,21-22H2,1-7H3,(H,40,45)(H,41,48)(H,42,47)(H,43,46)(H,44,50)/t29-,30-,31-,32-/m0/s1. The van der Waals surface area contributed by atoms with Crippen molar-refractivity contribution in [3.8, 4) is 0 Å². The smallest absolute Gasteiger partial charge is 0.408 e. The number of carbonyl (C=O) groups excluding carboxylic acids is 6. The fourth-order valence-electron chi connectivity index (χ4n) is 5.40. The van der Waals surface area contributed by atoms with Crippen LogP contribution in [0, 0.1) is 5.92 Å². The lowest BCUT2D eigenvalue weighted by atomic mass is 10.0. The van der Waals surface area contributed by atoms with E-state index in [4.69, 9.17) is 9.47 Å². The molecule has 0 saturated heterocycles. The lowest BCUT2D eigenvalue weighted by molar-refractivity contribution is -0.146. The van der Waals surface area contributed by atoms with Crippen molar-refractivity contribution in [1.29, 1.82) is 0 Å². The zero-order valence-electron chi connectivity index (χ0n) is 31.4. The molecule has 14 nitrogen and oxygen atoms in total. The molecule has 1 heterocycles. The molecule has 0 radical (unpaired) electrons. The molecule has 1 aromatic heterocycles.